The van der Waals surface area contributed by atoms with Crippen LogP contribution in [0.4, 0.5) is 11.8 Å². The first kappa shape index (κ1) is 22.9. The van der Waals surface area contributed by atoms with Crippen LogP contribution in [0, 0.1) is 0 Å². The summed E-state index contributed by atoms with van der Waals surface area (Å²) in [4.78, 5) is 29.8. The maximum absolute atomic E-state index is 11.7. The highest BCUT2D eigenvalue weighted by molar-refractivity contribution is 5.94. The molecule has 0 unspecified atom stereocenters. The Morgan fingerprint density at radius 2 is 1.94 bits per heavy atom. The number of anilines is 2. The van der Waals surface area contributed by atoms with Gasteiger partial charge in [0.1, 0.15) is 11.3 Å². The van der Waals surface area contributed by atoms with Crippen molar-refractivity contribution >= 4 is 39.5 Å². The van der Waals surface area contributed by atoms with Crippen molar-refractivity contribution in [1.29, 1.82) is 0 Å². The number of nitrogens with zero attached hydrogens (tertiary/aromatic N) is 6. The second-order valence-electron chi connectivity index (χ2n) is 9.13. The molecule has 0 radical (unpaired) electrons. The normalized spacial score (nSPS) is 15.1. The molecular formula is C26H31N7O2. The summed E-state index contributed by atoms with van der Waals surface area (Å²) in [5.74, 6) is 1.45. The van der Waals surface area contributed by atoms with Gasteiger partial charge in [-0.3, -0.25) is 9.78 Å². The minimum Gasteiger partial charge on any atom is -0.493 e. The summed E-state index contributed by atoms with van der Waals surface area (Å²) in [5, 5.41) is 16.4. The summed E-state index contributed by atoms with van der Waals surface area (Å²) in [6.45, 7) is 8.84. The summed E-state index contributed by atoms with van der Waals surface area (Å²) in [5.41, 5.74) is 2.53. The highest BCUT2D eigenvalue weighted by atomic mass is 16.3. The Morgan fingerprint density at radius 1 is 1.17 bits per heavy atom. The molecule has 182 valence electrons. The van der Waals surface area contributed by atoms with Gasteiger partial charge in [0.05, 0.1) is 10.9 Å². The van der Waals surface area contributed by atoms with Crippen LogP contribution < -0.4 is 10.2 Å². The lowest BCUT2D eigenvalue weighted by Gasteiger charge is -2.34. The molecule has 1 amide bonds. The molecule has 35 heavy (non-hydrogen) atoms. The Hall–Kier alpha value is -3.88. The first-order valence-corrected chi connectivity index (χ1v) is 12.1. The number of hydrogen-bond acceptors (Lipinski definition) is 7. The highest BCUT2D eigenvalue weighted by Gasteiger charge is 2.24. The van der Waals surface area contributed by atoms with E-state index in [0.29, 0.717) is 50.0 Å². The van der Waals surface area contributed by atoms with Crippen LogP contribution in [0.25, 0.3) is 21.8 Å². The molecule has 0 bridgehead atoms. The van der Waals surface area contributed by atoms with Crippen molar-refractivity contribution in [1.82, 2.24) is 24.4 Å². The van der Waals surface area contributed by atoms with E-state index in [4.69, 9.17) is 9.97 Å². The van der Waals surface area contributed by atoms with Gasteiger partial charge in [0, 0.05) is 63.5 Å². The van der Waals surface area contributed by atoms with Gasteiger partial charge in [-0.2, -0.15) is 4.98 Å². The molecule has 5 rings (SSSR count). The number of fused-ring (bicyclic) bond motifs is 2. The molecule has 4 aromatic rings. The van der Waals surface area contributed by atoms with Crippen LogP contribution in [0.3, 0.4) is 0 Å². The molecule has 2 N–H and O–H groups in total. The Bertz CT molecular complexity index is 1380. The average molecular weight is 474 g/mol. The van der Waals surface area contributed by atoms with Crippen LogP contribution >= 0.6 is 0 Å². The van der Waals surface area contributed by atoms with Crippen LogP contribution in [-0.2, 0) is 11.3 Å². The molecule has 9 nitrogen and oxygen atoms in total. The van der Waals surface area contributed by atoms with Crippen molar-refractivity contribution in [3.8, 4) is 5.88 Å². The molecule has 1 saturated heterocycles. The molecular weight excluding hydrogens is 442 g/mol. The van der Waals surface area contributed by atoms with Gasteiger partial charge in [-0.05, 0) is 31.0 Å². The van der Waals surface area contributed by atoms with E-state index in [1.54, 1.807) is 6.92 Å². The third-order valence-electron chi connectivity index (χ3n) is 6.84. The fourth-order valence-electron chi connectivity index (χ4n) is 4.50. The van der Waals surface area contributed by atoms with E-state index < -0.39 is 0 Å². The molecule has 0 spiro atoms. The van der Waals surface area contributed by atoms with E-state index in [2.05, 4.69) is 41.2 Å². The second kappa shape index (κ2) is 9.40. The monoisotopic (exact) mass is 473 g/mol. The lowest BCUT2D eigenvalue weighted by atomic mass is 10.1. The van der Waals surface area contributed by atoms with Crippen molar-refractivity contribution in [3.05, 3.63) is 48.3 Å². The zero-order valence-corrected chi connectivity index (χ0v) is 20.4. The number of aromatic hydroxyl groups is 1. The summed E-state index contributed by atoms with van der Waals surface area (Å²) < 4.78 is 1.86. The van der Waals surface area contributed by atoms with Gasteiger partial charge in [0.25, 0.3) is 0 Å². The zero-order valence-electron chi connectivity index (χ0n) is 20.4. The predicted octanol–water partition coefficient (Wildman–Crippen LogP) is 3.94. The average Bonchev–Trinajstić information content (AvgIpc) is 3.23. The number of piperazine rings is 1. The SMILES string of the molecule is CC[C@H](C)n1cc2c(NCc3cnc4ccccc4c3)nc(N3CCN(C(C)=O)CC3)nc2c1O. The van der Waals surface area contributed by atoms with Gasteiger partial charge in [0.15, 0.2) is 0 Å². The Kier molecular flexibility index (Phi) is 6.15. The third-order valence-corrected chi connectivity index (χ3v) is 6.84. The molecule has 0 saturated carbocycles. The molecule has 1 atom stereocenters. The number of pyridine rings is 1. The molecule has 9 heteroatoms. The minimum absolute atomic E-state index is 0.0793. The number of carbonyl (C=O) groups excluding carboxylic acids is 1. The van der Waals surface area contributed by atoms with E-state index in [-0.39, 0.29) is 17.8 Å². The van der Waals surface area contributed by atoms with E-state index in [1.807, 2.05) is 40.1 Å². The Morgan fingerprint density at radius 3 is 2.69 bits per heavy atom. The number of carbonyl (C=O) groups is 1. The molecule has 3 aromatic heterocycles. The number of para-hydroxylation sites is 1. The maximum atomic E-state index is 11.7. The first-order chi connectivity index (χ1) is 16.9. The fourth-order valence-corrected chi connectivity index (χ4v) is 4.50. The third kappa shape index (κ3) is 4.45. The van der Waals surface area contributed by atoms with Gasteiger partial charge in [-0.1, -0.05) is 25.1 Å². The van der Waals surface area contributed by atoms with Crippen molar-refractivity contribution in [2.45, 2.75) is 39.8 Å². The number of hydrogen-bond donors (Lipinski definition) is 2. The molecule has 1 aromatic carbocycles. The van der Waals surface area contributed by atoms with E-state index in [0.717, 1.165) is 28.3 Å². The maximum Gasteiger partial charge on any atom is 0.228 e. The summed E-state index contributed by atoms with van der Waals surface area (Å²) in [7, 11) is 0. The van der Waals surface area contributed by atoms with Crippen molar-refractivity contribution in [2.75, 3.05) is 36.4 Å². The van der Waals surface area contributed by atoms with E-state index in [9.17, 15) is 9.90 Å². The largest absolute Gasteiger partial charge is 0.493 e. The molecule has 1 aliphatic heterocycles. The Labute approximate surface area is 204 Å². The first-order valence-electron chi connectivity index (χ1n) is 12.1. The molecule has 1 fully saturated rings. The Balaban J connectivity index is 1.49. The fraction of sp³-hybridized carbons (Fsp3) is 0.385. The summed E-state index contributed by atoms with van der Waals surface area (Å²) in [6, 6.07) is 10.3. The van der Waals surface area contributed by atoms with Crippen LogP contribution in [0.5, 0.6) is 5.88 Å². The van der Waals surface area contributed by atoms with E-state index in [1.165, 1.54) is 0 Å². The number of aromatic nitrogens is 4. The second-order valence-corrected chi connectivity index (χ2v) is 9.13. The lowest BCUT2D eigenvalue weighted by Crippen LogP contribution is -2.48. The van der Waals surface area contributed by atoms with Crippen LogP contribution in [-0.4, -0.2) is 61.6 Å². The smallest absolute Gasteiger partial charge is 0.228 e. The number of rotatable bonds is 6. The molecule has 4 heterocycles. The number of nitrogens with one attached hydrogen (secondary N) is 1. The van der Waals surface area contributed by atoms with Gasteiger partial charge in [0.2, 0.25) is 17.7 Å². The van der Waals surface area contributed by atoms with Crippen LogP contribution in [0.2, 0.25) is 0 Å². The van der Waals surface area contributed by atoms with Crippen LogP contribution in [0.1, 0.15) is 38.8 Å². The lowest BCUT2D eigenvalue weighted by molar-refractivity contribution is -0.129. The molecule has 0 aliphatic carbocycles. The van der Waals surface area contributed by atoms with Gasteiger partial charge >= 0.3 is 0 Å². The molecule has 1 aliphatic rings. The highest BCUT2D eigenvalue weighted by Crippen LogP contribution is 2.35. The van der Waals surface area contributed by atoms with Crippen molar-refractivity contribution in [3.63, 3.8) is 0 Å². The summed E-state index contributed by atoms with van der Waals surface area (Å²) in [6.07, 6.45) is 4.68. The summed E-state index contributed by atoms with van der Waals surface area (Å²) >= 11 is 0. The van der Waals surface area contributed by atoms with E-state index >= 15 is 0 Å². The van der Waals surface area contributed by atoms with Crippen LogP contribution in [0.15, 0.2) is 42.7 Å². The van der Waals surface area contributed by atoms with Crippen molar-refractivity contribution in [2.24, 2.45) is 0 Å². The van der Waals surface area contributed by atoms with Gasteiger partial charge in [-0.25, -0.2) is 4.98 Å². The van der Waals surface area contributed by atoms with Gasteiger partial charge < -0.3 is 24.8 Å². The topological polar surface area (TPSA) is 99.4 Å². The van der Waals surface area contributed by atoms with Crippen molar-refractivity contribution < 1.29 is 9.90 Å². The van der Waals surface area contributed by atoms with Gasteiger partial charge in [-0.15, -0.1) is 0 Å². The minimum atomic E-state index is 0.0793. The number of benzene rings is 1. The quantitative estimate of drug-likeness (QED) is 0.438. The predicted molar refractivity (Wildman–Crippen MR) is 138 cm³/mol. The standard InChI is InChI=1S/C26H31N7O2/c1-4-17(2)33-16-21-23(25(33)35)29-26(32-11-9-31(10-12-32)18(3)34)30-24(21)28-15-19-13-20-7-5-6-8-22(20)27-14-19/h5-8,13-14,16-17,35H,4,9-12,15H2,1-3H3,(H,28,29,30)/t17-/m0/s1. The zero-order chi connectivity index (χ0) is 24.5. The number of amides is 1.